The highest BCUT2D eigenvalue weighted by atomic mass is 16.5. The highest BCUT2D eigenvalue weighted by molar-refractivity contribution is 5.79. The van der Waals surface area contributed by atoms with E-state index in [1.54, 1.807) is 0 Å². The summed E-state index contributed by atoms with van der Waals surface area (Å²) < 4.78 is 7.58. The Morgan fingerprint density at radius 1 is 1.24 bits per heavy atom. The monoisotopic (exact) mass is 292 g/mol. The molecule has 2 saturated heterocycles. The van der Waals surface area contributed by atoms with E-state index in [2.05, 4.69) is 23.8 Å². The Hall–Kier alpha value is -1.40. The number of rotatable bonds is 2. The molecule has 0 aliphatic carbocycles. The van der Waals surface area contributed by atoms with Gasteiger partial charge >= 0.3 is 0 Å². The molecule has 6 nitrogen and oxygen atoms in total. The van der Waals surface area contributed by atoms with Gasteiger partial charge in [0.25, 0.3) is 0 Å². The molecule has 0 radical (unpaired) electrons. The summed E-state index contributed by atoms with van der Waals surface area (Å²) >= 11 is 0. The topological polar surface area (TPSA) is 50.6 Å². The standard InChI is InChI=1S/C15H24N4O2/c1-10-14(11(2)18(4)16-10)7-19-5-12-8-21-9-13(6-19)17(3)15(12)20/h12-13H,5-9H2,1-4H3/t12-,13+/m1/s1. The van der Waals surface area contributed by atoms with E-state index in [4.69, 9.17) is 4.74 Å². The quantitative estimate of drug-likeness (QED) is 0.788. The van der Waals surface area contributed by atoms with Crippen molar-refractivity contribution < 1.29 is 9.53 Å². The van der Waals surface area contributed by atoms with Gasteiger partial charge in [-0.1, -0.05) is 0 Å². The molecule has 0 saturated carbocycles. The summed E-state index contributed by atoms with van der Waals surface area (Å²) in [4.78, 5) is 16.6. The maximum absolute atomic E-state index is 12.4. The molecular weight excluding hydrogens is 268 g/mol. The molecule has 0 unspecified atom stereocenters. The van der Waals surface area contributed by atoms with E-state index in [9.17, 15) is 4.79 Å². The second-order valence-electron chi connectivity index (χ2n) is 6.30. The Kier molecular flexibility index (Phi) is 3.75. The van der Waals surface area contributed by atoms with Crippen LogP contribution < -0.4 is 0 Å². The molecule has 3 heterocycles. The van der Waals surface area contributed by atoms with Crippen molar-refractivity contribution in [3.8, 4) is 0 Å². The Morgan fingerprint density at radius 2 is 2.00 bits per heavy atom. The first-order valence-electron chi connectivity index (χ1n) is 7.53. The molecule has 0 aromatic carbocycles. The van der Waals surface area contributed by atoms with Gasteiger partial charge in [0.15, 0.2) is 0 Å². The first kappa shape index (κ1) is 14.5. The molecule has 3 rings (SSSR count). The number of ether oxygens (including phenoxy) is 1. The lowest BCUT2D eigenvalue weighted by Gasteiger charge is -2.29. The minimum Gasteiger partial charge on any atom is -0.378 e. The fourth-order valence-corrected chi connectivity index (χ4v) is 3.39. The fraction of sp³-hybridized carbons (Fsp3) is 0.733. The molecule has 6 heteroatoms. The summed E-state index contributed by atoms with van der Waals surface area (Å²) in [7, 11) is 3.88. The van der Waals surface area contributed by atoms with Crippen LogP contribution in [-0.4, -0.2) is 64.9 Å². The lowest BCUT2D eigenvalue weighted by atomic mass is 10.1. The number of hydrogen-bond donors (Lipinski definition) is 0. The van der Waals surface area contributed by atoms with Crippen molar-refractivity contribution in [2.45, 2.75) is 26.4 Å². The van der Waals surface area contributed by atoms with Crippen LogP contribution >= 0.6 is 0 Å². The average Bonchev–Trinajstić information content (AvgIpc) is 2.54. The van der Waals surface area contributed by atoms with Crippen molar-refractivity contribution in [2.24, 2.45) is 13.0 Å². The molecule has 0 spiro atoms. The van der Waals surface area contributed by atoms with Crippen LogP contribution in [0.25, 0.3) is 0 Å². The van der Waals surface area contributed by atoms with Crippen molar-refractivity contribution in [1.29, 1.82) is 0 Å². The molecule has 2 aliphatic rings. The van der Waals surface area contributed by atoms with Crippen molar-refractivity contribution in [3.63, 3.8) is 0 Å². The highest BCUT2D eigenvalue weighted by Gasteiger charge is 2.37. The summed E-state index contributed by atoms with van der Waals surface area (Å²) in [6.07, 6.45) is 0. The third-order valence-electron chi connectivity index (χ3n) is 4.86. The molecule has 1 aromatic heterocycles. The van der Waals surface area contributed by atoms with E-state index in [0.29, 0.717) is 13.2 Å². The normalized spacial score (nSPS) is 27.0. The largest absolute Gasteiger partial charge is 0.378 e. The first-order chi connectivity index (χ1) is 9.97. The maximum atomic E-state index is 12.4. The molecule has 2 fully saturated rings. The van der Waals surface area contributed by atoms with Gasteiger partial charge in [-0.2, -0.15) is 5.10 Å². The predicted octanol–water partition coefficient (Wildman–Crippen LogP) is 0.326. The average molecular weight is 292 g/mol. The van der Waals surface area contributed by atoms with Crippen LogP contribution in [0.3, 0.4) is 0 Å². The van der Waals surface area contributed by atoms with Gasteiger partial charge in [-0.3, -0.25) is 14.4 Å². The number of carbonyl (C=O) groups excluding carboxylic acids is 1. The van der Waals surface area contributed by atoms with Gasteiger partial charge in [0, 0.05) is 45.0 Å². The van der Waals surface area contributed by atoms with E-state index in [1.165, 1.54) is 11.3 Å². The van der Waals surface area contributed by atoms with Gasteiger partial charge in [-0.05, 0) is 13.8 Å². The van der Waals surface area contributed by atoms with E-state index >= 15 is 0 Å². The van der Waals surface area contributed by atoms with Gasteiger partial charge in [0.1, 0.15) is 0 Å². The van der Waals surface area contributed by atoms with Crippen molar-refractivity contribution in [1.82, 2.24) is 19.6 Å². The highest BCUT2D eigenvalue weighted by Crippen LogP contribution is 2.22. The zero-order valence-corrected chi connectivity index (χ0v) is 13.3. The number of hydrogen-bond acceptors (Lipinski definition) is 4. The van der Waals surface area contributed by atoms with Crippen LogP contribution in [0.4, 0.5) is 0 Å². The van der Waals surface area contributed by atoms with Crippen LogP contribution in [0.2, 0.25) is 0 Å². The maximum Gasteiger partial charge on any atom is 0.229 e. The van der Waals surface area contributed by atoms with E-state index in [0.717, 1.165) is 25.3 Å². The number of likely N-dealkylation sites (N-methyl/N-ethyl adjacent to an activating group) is 1. The number of amides is 1. The third kappa shape index (κ3) is 2.58. The molecule has 1 aromatic rings. The summed E-state index contributed by atoms with van der Waals surface area (Å²) in [5.74, 6) is 0.180. The van der Waals surface area contributed by atoms with E-state index < -0.39 is 0 Å². The molecule has 2 atom stereocenters. The van der Waals surface area contributed by atoms with Crippen LogP contribution in [0.15, 0.2) is 0 Å². The second kappa shape index (κ2) is 5.42. The molecule has 2 aliphatic heterocycles. The number of aromatic nitrogens is 2. The van der Waals surface area contributed by atoms with Crippen LogP contribution in [-0.2, 0) is 23.1 Å². The zero-order chi connectivity index (χ0) is 15.1. The zero-order valence-electron chi connectivity index (χ0n) is 13.3. The number of carbonyl (C=O) groups is 1. The van der Waals surface area contributed by atoms with Crippen LogP contribution in [0.1, 0.15) is 17.0 Å². The van der Waals surface area contributed by atoms with Crippen LogP contribution in [0.5, 0.6) is 0 Å². The Balaban J connectivity index is 1.82. The van der Waals surface area contributed by atoms with Crippen molar-refractivity contribution >= 4 is 5.91 Å². The molecule has 116 valence electrons. The number of nitrogens with zero attached hydrogens (tertiary/aromatic N) is 4. The van der Waals surface area contributed by atoms with Gasteiger partial charge in [0.2, 0.25) is 5.91 Å². The minimum atomic E-state index is -0.0419. The lowest BCUT2D eigenvalue weighted by Crippen LogP contribution is -2.43. The van der Waals surface area contributed by atoms with Gasteiger partial charge in [0.05, 0.1) is 30.9 Å². The third-order valence-corrected chi connectivity index (χ3v) is 4.86. The summed E-state index contributed by atoms with van der Waals surface area (Å²) in [6, 6.07) is 0.155. The predicted molar refractivity (Wildman–Crippen MR) is 78.8 cm³/mol. The first-order valence-corrected chi connectivity index (χ1v) is 7.53. The summed E-state index contributed by atoms with van der Waals surface area (Å²) in [6.45, 7) is 7.84. The smallest absolute Gasteiger partial charge is 0.229 e. The second-order valence-corrected chi connectivity index (χ2v) is 6.30. The van der Waals surface area contributed by atoms with Crippen LogP contribution in [0, 0.1) is 19.8 Å². The Labute approximate surface area is 125 Å². The molecule has 0 N–H and O–H groups in total. The Morgan fingerprint density at radius 3 is 2.67 bits per heavy atom. The fourth-order valence-electron chi connectivity index (χ4n) is 3.39. The van der Waals surface area contributed by atoms with Gasteiger partial charge in [-0.25, -0.2) is 0 Å². The summed E-state index contributed by atoms with van der Waals surface area (Å²) in [5.41, 5.74) is 3.58. The number of fused-ring (bicyclic) bond motifs is 3. The van der Waals surface area contributed by atoms with Gasteiger partial charge < -0.3 is 9.64 Å². The van der Waals surface area contributed by atoms with Crippen molar-refractivity contribution in [2.75, 3.05) is 33.4 Å². The molecule has 1 amide bonds. The van der Waals surface area contributed by atoms with Gasteiger partial charge in [-0.15, -0.1) is 0 Å². The van der Waals surface area contributed by atoms with E-state index in [1.807, 2.05) is 23.7 Å². The van der Waals surface area contributed by atoms with Crippen molar-refractivity contribution in [3.05, 3.63) is 17.0 Å². The SMILES string of the molecule is Cc1nn(C)c(C)c1CN1C[C@@H]2COC[C@H](C1)N(C)C2=O. The molecule has 21 heavy (non-hydrogen) atoms. The number of aryl methyl sites for hydroxylation is 2. The van der Waals surface area contributed by atoms with E-state index in [-0.39, 0.29) is 17.9 Å². The molecular formula is C15H24N4O2. The minimum absolute atomic E-state index is 0.0419. The summed E-state index contributed by atoms with van der Waals surface area (Å²) in [5, 5.41) is 4.49. The lowest BCUT2D eigenvalue weighted by molar-refractivity contribution is -0.133. The Bertz CT molecular complexity index is 554. The molecule has 2 bridgehead atoms.